The Labute approximate surface area is 170 Å². The summed E-state index contributed by atoms with van der Waals surface area (Å²) in [4.78, 5) is 12.4. The Morgan fingerprint density at radius 1 is 1.18 bits per heavy atom. The quantitative estimate of drug-likeness (QED) is 0.608. The van der Waals surface area contributed by atoms with Crippen LogP contribution in [0, 0.1) is 0 Å². The molecule has 0 spiro atoms. The van der Waals surface area contributed by atoms with Crippen molar-refractivity contribution < 1.29 is 18.7 Å². The second-order valence-electron chi connectivity index (χ2n) is 6.05. The van der Waals surface area contributed by atoms with Gasteiger partial charge in [0.25, 0.3) is 5.22 Å². The Morgan fingerprint density at radius 3 is 2.79 bits per heavy atom. The summed E-state index contributed by atoms with van der Waals surface area (Å²) in [6, 6.07) is 12.7. The molecule has 0 aliphatic carbocycles. The highest BCUT2D eigenvalue weighted by atomic mass is 35.5. The SMILES string of the molecule is CC(Sc1nnc(-c2ccc(Cl)cc2)o1)C(=O)NCc1ccc2c(c1)OCO2. The van der Waals surface area contributed by atoms with Gasteiger partial charge in [-0.25, -0.2) is 0 Å². The first-order valence-corrected chi connectivity index (χ1v) is 9.76. The Morgan fingerprint density at radius 2 is 1.96 bits per heavy atom. The van der Waals surface area contributed by atoms with Crippen molar-refractivity contribution in [3.05, 3.63) is 53.1 Å². The van der Waals surface area contributed by atoms with Crippen molar-refractivity contribution >= 4 is 29.3 Å². The summed E-state index contributed by atoms with van der Waals surface area (Å²) in [6.45, 7) is 2.40. The van der Waals surface area contributed by atoms with Gasteiger partial charge in [-0.2, -0.15) is 0 Å². The number of ether oxygens (including phenoxy) is 2. The highest BCUT2D eigenvalue weighted by Crippen LogP contribution is 2.32. The number of fused-ring (bicyclic) bond motifs is 1. The molecule has 1 amide bonds. The standard InChI is InChI=1S/C19H16ClN3O4S/c1-11(17(24)21-9-12-2-7-15-16(8-12)26-10-25-15)28-19-23-22-18(27-19)13-3-5-14(20)6-4-13/h2-8,11H,9-10H2,1H3,(H,21,24). The highest BCUT2D eigenvalue weighted by Gasteiger charge is 2.19. The number of carbonyl (C=O) groups excluding carboxylic acids is 1. The molecule has 1 aromatic heterocycles. The van der Waals surface area contributed by atoms with E-state index in [1.165, 1.54) is 11.8 Å². The first-order valence-electron chi connectivity index (χ1n) is 8.51. The fourth-order valence-electron chi connectivity index (χ4n) is 2.56. The van der Waals surface area contributed by atoms with Gasteiger partial charge in [0.05, 0.1) is 5.25 Å². The van der Waals surface area contributed by atoms with Crippen molar-refractivity contribution in [3.8, 4) is 23.0 Å². The van der Waals surface area contributed by atoms with Crippen LogP contribution < -0.4 is 14.8 Å². The predicted molar refractivity (Wildman–Crippen MR) is 104 cm³/mol. The predicted octanol–water partition coefficient (Wildman–Crippen LogP) is 3.92. The minimum Gasteiger partial charge on any atom is -0.454 e. The summed E-state index contributed by atoms with van der Waals surface area (Å²) >= 11 is 7.08. The third-order valence-electron chi connectivity index (χ3n) is 4.05. The number of benzene rings is 2. The molecule has 0 saturated carbocycles. The fourth-order valence-corrected chi connectivity index (χ4v) is 3.39. The summed E-state index contributed by atoms with van der Waals surface area (Å²) in [5, 5.41) is 11.5. The molecule has 0 saturated heterocycles. The summed E-state index contributed by atoms with van der Waals surface area (Å²) in [5.41, 5.74) is 1.70. The van der Waals surface area contributed by atoms with Crippen LogP contribution in [0.25, 0.3) is 11.5 Å². The van der Waals surface area contributed by atoms with Crippen molar-refractivity contribution in [1.29, 1.82) is 0 Å². The van der Waals surface area contributed by atoms with E-state index in [1.54, 1.807) is 31.2 Å². The van der Waals surface area contributed by atoms with Gasteiger partial charge < -0.3 is 19.2 Å². The van der Waals surface area contributed by atoms with E-state index < -0.39 is 5.25 Å². The Bertz CT molecular complexity index is 993. The van der Waals surface area contributed by atoms with E-state index in [4.69, 9.17) is 25.5 Å². The average molecular weight is 418 g/mol. The molecule has 28 heavy (non-hydrogen) atoms. The lowest BCUT2D eigenvalue weighted by atomic mass is 10.2. The van der Waals surface area contributed by atoms with Crippen LogP contribution in [0.2, 0.25) is 5.02 Å². The van der Waals surface area contributed by atoms with Gasteiger partial charge >= 0.3 is 0 Å². The second kappa shape index (κ2) is 8.12. The largest absolute Gasteiger partial charge is 0.454 e. The van der Waals surface area contributed by atoms with Gasteiger partial charge in [-0.05, 0) is 48.9 Å². The van der Waals surface area contributed by atoms with Crippen LogP contribution in [-0.4, -0.2) is 28.1 Å². The van der Waals surface area contributed by atoms with E-state index in [0.29, 0.717) is 34.2 Å². The van der Waals surface area contributed by atoms with Crippen LogP contribution in [0.1, 0.15) is 12.5 Å². The van der Waals surface area contributed by atoms with Crippen molar-refractivity contribution in [3.63, 3.8) is 0 Å². The lowest BCUT2D eigenvalue weighted by Crippen LogP contribution is -2.30. The molecular weight excluding hydrogens is 402 g/mol. The average Bonchev–Trinajstić information content (AvgIpc) is 3.35. The molecule has 7 nitrogen and oxygen atoms in total. The van der Waals surface area contributed by atoms with Gasteiger partial charge in [-0.15, -0.1) is 10.2 Å². The minimum atomic E-state index is -0.396. The Balaban J connectivity index is 1.32. The zero-order chi connectivity index (χ0) is 19.5. The number of halogens is 1. The molecule has 0 radical (unpaired) electrons. The molecule has 1 aliphatic rings. The lowest BCUT2D eigenvalue weighted by Gasteiger charge is -2.10. The number of hydrogen-bond acceptors (Lipinski definition) is 7. The zero-order valence-corrected chi connectivity index (χ0v) is 16.4. The smallest absolute Gasteiger partial charge is 0.277 e. The first-order chi connectivity index (χ1) is 13.6. The third-order valence-corrected chi connectivity index (χ3v) is 5.23. The number of thioether (sulfide) groups is 1. The van der Waals surface area contributed by atoms with E-state index in [2.05, 4.69) is 15.5 Å². The summed E-state index contributed by atoms with van der Waals surface area (Å²) in [5.74, 6) is 1.66. The number of nitrogens with zero attached hydrogens (tertiary/aromatic N) is 2. The summed E-state index contributed by atoms with van der Waals surface area (Å²) in [7, 11) is 0. The molecule has 4 rings (SSSR count). The number of rotatable bonds is 6. The van der Waals surface area contributed by atoms with Crippen LogP contribution in [0.15, 0.2) is 52.1 Å². The molecule has 9 heteroatoms. The maximum atomic E-state index is 12.4. The monoisotopic (exact) mass is 417 g/mol. The van der Waals surface area contributed by atoms with Gasteiger partial charge in [0.1, 0.15) is 0 Å². The zero-order valence-electron chi connectivity index (χ0n) is 14.8. The van der Waals surface area contributed by atoms with Crippen molar-refractivity contribution in [1.82, 2.24) is 15.5 Å². The Hall–Kier alpha value is -2.71. The maximum absolute atomic E-state index is 12.4. The normalized spacial score (nSPS) is 13.4. The topological polar surface area (TPSA) is 86.5 Å². The van der Waals surface area contributed by atoms with Crippen molar-refractivity contribution in [2.24, 2.45) is 0 Å². The van der Waals surface area contributed by atoms with Crippen molar-refractivity contribution in [2.45, 2.75) is 23.9 Å². The van der Waals surface area contributed by atoms with E-state index in [1.807, 2.05) is 18.2 Å². The number of aromatic nitrogens is 2. The number of hydrogen-bond donors (Lipinski definition) is 1. The van der Waals surface area contributed by atoms with E-state index in [-0.39, 0.29) is 12.7 Å². The van der Waals surface area contributed by atoms with E-state index in [9.17, 15) is 4.79 Å². The second-order valence-corrected chi connectivity index (χ2v) is 7.77. The molecule has 2 aromatic carbocycles. The first kappa shape index (κ1) is 18.6. The van der Waals surface area contributed by atoms with Gasteiger partial charge in [-0.3, -0.25) is 4.79 Å². The molecule has 0 bridgehead atoms. The molecule has 3 aromatic rings. The van der Waals surface area contributed by atoms with Crippen LogP contribution in [0.5, 0.6) is 11.5 Å². The number of carbonyl (C=O) groups is 1. The van der Waals surface area contributed by atoms with E-state index >= 15 is 0 Å². The highest BCUT2D eigenvalue weighted by molar-refractivity contribution is 8.00. The molecule has 2 heterocycles. The van der Waals surface area contributed by atoms with E-state index in [0.717, 1.165) is 11.1 Å². The van der Waals surface area contributed by atoms with Crippen molar-refractivity contribution in [2.75, 3.05) is 6.79 Å². The number of amides is 1. The fraction of sp³-hybridized carbons (Fsp3) is 0.211. The van der Waals surface area contributed by atoms with Crippen LogP contribution >= 0.6 is 23.4 Å². The van der Waals surface area contributed by atoms with Gasteiger partial charge in [-0.1, -0.05) is 29.4 Å². The number of nitrogens with one attached hydrogen (secondary N) is 1. The third kappa shape index (κ3) is 4.23. The molecule has 1 unspecified atom stereocenters. The molecule has 1 N–H and O–H groups in total. The van der Waals surface area contributed by atoms with Gasteiger partial charge in [0, 0.05) is 17.1 Å². The Kier molecular flexibility index (Phi) is 5.40. The lowest BCUT2D eigenvalue weighted by molar-refractivity contribution is -0.120. The van der Waals surface area contributed by atoms with Gasteiger partial charge in [0.2, 0.25) is 18.6 Å². The van der Waals surface area contributed by atoms with Crippen LogP contribution in [-0.2, 0) is 11.3 Å². The maximum Gasteiger partial charge on any atom is 0.277 e. The molecule has 1 aliphatic heterocycles. The summed E-state index contributed by atoms with van der Waals surface area (Å²) < 4.78 is 16.3. The minimum absolute atomic E-state index is 0.131. The molecule has 144 valence electrons. The van der Waals surface area contributed by atoms with Crippen LogP contribution in [0.3, 0.4) is 0 Å². The van der Waals surface area contributed by atoms with Crippen LogP contribution in [0.4, 0.5) is 0 Å². The van der Waals surface area contributed by atoms with Gasteiger partial charge in [0.15, 0.2) is 11.5 Å². The molecule has 0 fully saturated rings. The molecular formula is C19H16ClN3O4S. The summed E-state index contributed by atoms with van der Waals surface area (Å²) in [6.07, 6.45) is 0. The molecule has 1 atom stereocenters.